The van der Waals surface area contributed by atoms with E-state index in [9.17, 15) is 4.39 Å². The predicted octanol–water partition coefficient (Wildman–Crippen LogP) is 3.47. The van der Waals surface area contributed by atoms with Crippen molar-refractivity contribution in [3.05, 3.63) is 41.7 Å². The highest BCUT2D eigenvalue weighted by Gasteiger charge is 2.03. The first-order valence-electron chi connectivity index (χ1n) is 5.32. The van der Waals surface area contributed by atoms with Gasteiger partial charge in [-0.2, -0.15) is 0 Å². The van der Waals surface area contributed by atoms with Crippen molar-refractivity contribution in [3.63, 3.8) is 0 Å². The van der Waals surface area contributed by atoms with Gasteiger partial charge in [-0.3, -0.25) is 0 Å². The third-order valence-corrected chi connectivity index (χ3v) is 3.28. The van der Waals surface area contributed by atoms with Crippen LogP contribution in [0.15, 0.2) is 40.8 Å². The second kappa shape index (κ2) is 6.71. The first-order valence-corrected chi connectivity index (χ1v) is 6.31. The van der Waals surface area contributed by atoms with Crippen LogP contribution in [0.3, 0.4) is 0 Å². The van der Waals surface area contributed by atoms with Gasteiger partial charge in [0.15, 0.2) is 0 Å². The Balaban J connectivity index is 2.49. The fourth-order valence-electron chi connectivity index (χ4n) is 1.33. The van der Waals surface area contributed by atoms with Crippen LogP contribution in [-0.2, 0) is 0 Å². The van der Waals surface area contributed by atoms with Crippen LogP contribution in [0.1, 0.15) is 13.8 Å². The van der Waals surface area contributed by atoms with Crippen LogP contribution < -0.4 is 5.32 Å². The quantitative estimate of drug-likeness (QED) is 0.623. The molecule has 0 spiro atoms. The van der Waals surface area contributed by atoms with E-state index in [4.69, 9.17) is 0 Å². The second-order valence-corrected chi connectivity index (χ2v) is 5.00. The van der Waals surface area contributed by atoms with Gasteiger partial charge in [0.1, 0.15) is 5.82 Å². The third-order valence-electron chi connectivity index (χ3n) is 2.15. The van der Waals surface area contributed by atoms with E-state index in [0.717, 1.165) is 10.6 Å². The van der Waals surface area contributed by atoms with Gasteiger partial charge in [-0.05, 0) is 45.2 Å². The van der Waals surface area contributed by atoms with Crippen LogP contribution in [0.25, 0.3) is 0 Å². The molecule has 0 saturated heterocycles. The molecule has 0 amide bonds. The van der Waals surface area contributed by atoms with Crippen LogP contribution in [0.2, 0.25) is 0 Å². The van der Waals surface area contributed by atoms with Crippen molar-refractivity contribution >= 4 is 11.8 Å². The normalized spacial score (nSPS) is 12.2. The highest BCUT2D eigenvalue weighted by Crippen LogP contribution is 2.19. The molecule has 0 aliphatic rings. The first kappa shape index (κ1) is 13.3. The average molecular weight is 239 g/mol. The number of halogens is 1. The number of likely N-dealkylation sites (N-methyl/N-ethyl adjacent to an activating group) is 1. The summed E-state index contributed by atoms with van der Waals surface area (Å²) in [6, 6.07) is 6.99. The minimum atomic E-state index is -0.182. The van der Waals surface area contributed by atoms with E-state index in [1.807, 2.05) is 19.2 Å². The molecule has 1 aromatic carbocycles. The summed E-state index contributed by atoms with van der Waals surface area (Å²) in [5.41, 5.74) is 1.30. The number of hydrogen-bond donors (Lipinski definition) is 1. The fourth-order valence-corrected chi connectivity index (χ4v) is 2.30. The maximum absolute atomic E-state index is 12.7. The Morgan fingerprint density at radius 3 is 2.50 bits per heavy atom. The lowest BCUT2D eigenvalue weighted by Crippen LogP contribution is -2.25. The monoisotopic (exact) mass is 239 g/mol. The maximum Gasteiger partial charge on any atom is 0.123 e. The van der Waals surface area contributed by atoms with Gasteiger partial charge in [0.05, 0.1) is 0 Å². The molecule has 1 aromatic rings. The van der Waals surface area contributed by atoms with E-state index in [1.54, 1.807) is 11.8 Å². The number of nitrogens with one attached hydrogen (secondary N) is 1. The third kappa shape index (κ3) is 4.81. The van der Waals surface area contributed by atoms with Crippen molar-refractivity contribution in [2.24, 2.45) is 0 Å². The summed E-state index contributed by atoms with van der Waals surface area (Å²) in [5.74, 6) is 0.770. The lowest BCUT2D eigenvalue weighted by molar-refractivity contribution is 0.626. The Morgan fingerprint density at radius 2 is 2.00 bits per heavy atom. The van der Waals surface area contributed by atoms with Crippen molar-refractivity contribution in [3.8, 4) is 0 Å². The van der Waals surface area contributed by atoms with E-state index < -0.39 is 0 Å². The topological polar surface area (TPSA) is 12.0 Å². The molecule has 0 aromatic heterocycles. The molecule has 1 atom stereocenters. The van der Waals surface area contributed by atoms with Gasteiger partial charge in [0, 0.05) is 16.7 Å². The van der Waals surface area contributed by atoms with Gasteiger partial charge >= 0.3 is 0 Å². The summed E-state index contributed by atoms with van der Waals surface area (Å²) in [4.78, 5) is 1.10. The fraction of sp³-hybridized carbons (Fsp3) is 0.385. The Kier molecular flexibility index (Phi) is 5.56. The molecule has 0 radical (unpaired) electrons. The summed E-state index contributed by atoms with van der Waals surface area (Å²) >= 11 is 1.73. The van der Waals surface area contributed by atoms with Crippen LogP contribution in [0.4, 0.5) is 4.39 Å². The number of benzene rings is 1. The van der Waals surface area contributed by atoms with Crippen molar-refractivity contribution < 1.29 is 4.39 Å². The van der Waals surface area contributed by atoms with Crippen LogP contribution in [0.5, 0.6) is 0 Å². The number of rotatable bonds is 5. The molecule has 16 heavy (non-hydrogen) atoms. The van der Waals surface area contributed by atoms with Crippen molar-refractivity contribution in [2.45, 2.75) is 24.8 Å². The van der Waals surface area contributed by atoms with Crippen molar-refractivity contribution in [1.82, 2.24) is 5.32 Å². The average Bonchev–Trinajstić information content (AvgIpc) is 2.26. The van der Waals surface area contributed by atoms with Gasteiger partial charge in [-0.1, -0.05) is 11.6 Å². The van der Waals surface area contributed by atoms with Crippen molar-refractivity contribution in [1.29, 1.82) is 0 Å². The smallest absolute Gasteiger partial charge is 0.123 e. The largest absolute Gasteiger partial charge is 0.313 e. The molecule has 1 unspecified atom stereocenters. The lowest BCUT2D eigenvalue weighted by atomic mass is 10.2. The molecule has 1 nitrogen and oxygen atoms in total. The second-order valence-electron chi connectivity index (χ2n) is 3.90. The maximum atomic E-state index is 12.7. The van der Waals surface area contributed by atoms with Crippen LogP contribution in [0, 0.1) is 5.82 Å². The molecule has 88 valence electrons. The highest BCUT2D eigenvalue weighted by molar-refractivity contribution is 7.99. The predicted molar refractivity (Wildman–Crippen MR) is 69.4 cm³/mol. The zero-order valence-corrected chi connectivity index (χ0v) is 10.8. The molecular formula is C13H18FNS. The molecule has 0 bridgehead atoms. The lowest BCUT2D eigenvalue weighted by Gasteiger charge is -2.12. The zero-order chi connectivity index (χ0) is 12.0. The summed E-state index contributed by atoms with van der Waals surface area (Å²) < 4.78 is 12.7. The molecule has 0 heterocycles. The molecule has 0 saturated carbocycles. The van der Waals surface area contributed by atoms with Gasteiger partial charge in [0.25, 0.3) is 0 Å². The van der Waals surface area contributed by atoms with Crippen LogP contribution >= 0.6 is 11.8 Å². The summed E-state index contributed by atoms with van der Waals surface area (Å²) in [7, 11) is 1.95. The Labute approximate surface area is 101 Å². The Morgan fingerprint density at radius 1 is 1.38 bits per heavy atom. The molecule has 0 fully saturated rings. The molecule has 0 aliphatic carbocycles. The van der Waals surface area contributed by atoms with Gasteiger partial charge in [-0.15, -0.1) is 11.8 Å². The standard InChI is InChI=1S/C13H18FNS/c1-10(2)8-12(15-3)9-16-13-6-4-11(14)5-7-13/h4-8,12,15H,9H2,1-3H3. The van der Waals surface area contributed by atoms with Crippen LogP contribution in [-0.4, -0.2) is 18.8 Å². The molecular weight excluding hydrogens is 221 g/mol. The van der Waals surface area contributed by atoms with E-state index in [1.165, 1.54) is 17.7 Å². The van der Waals surface area contributed by atoms with Gasteiger partial charge < -0.3 is 5.32 Å². The highest BCUT2D eigenvalue weighted by atomic mass is 32.2. The van der Waals surface area contributed by atoms with Gasteiger partial charge in [0.2, 0.25) is 0 Å². The minimum Gasteiger partial charge on any atom is -0.313 e. The van der Waals surface area contributed by atoms with E-state index >= 15 is 0 Å². The Hall–Kier alpha value is -0.800. The van der Waals surface area contributed by atoms with E-state index in [0.29, 0.717) is 6.04 Å². The van der Waals surface area contributed by atoms with E-state index in [2.05, 4.69) is 25.2 Å². The summed E-state index contributed by atoms with van der Waals surface area (Å²) in [6.07, 6.45) is 2.20. The van der Waals surface area contributed by atoms with Crippen molar-refractivity contribution in [2.75, 3.05) is 12.8 Å². The number of allylic oxidation sites excluding steroid dienone is 1. The zero-order valence-electron chi connectivity index (χ0n) is 9.96. The Bertz CT molecular complexity index is 341. The molecule has 1 rings (SSSR count). The summed E-state index contributed by atoms with van der Waals surface area (Å²) in [6.45, 7) is 4.18. The number of thioether (sulfide) groups is 1. The first-order chi connectivity index (χ1) is 7.61. The summed E-state index contributed by atoms with van der Waals surface area (Å²) in [5, 5.41) is 3.24. The van der Waals surface area contributed by atoms with E-state index in [-0.39, 0.29) is 5.82 Å². The SMILES string of the molecule is CNC(C=C(C)C)CSc1ccc(F)cc1. The molecule has 0 aliphatic heterocycles. The van der Waals surface area contributed by atoms with Gasteiger partial charge in [-0.25, -0.2) is 4.39 Å². The molecule has 3 heteroatoms. The number of hydrogen-bond acceptors (Lipinski definition) is 2. The minimum absolute atomic E-state index is 0.182. The molecule has 1 N–H and O–H groups in total.